The fourth-order valence-electron chi connectivity index (χ4n) is 17.1. The summed E-state index contributed by atoms with van der Waals surface area (Å²) in [7, 11) is 13.0. The highest BCUT2D eigenvalue weighted by molar-refractivity contribution is 9.10. The van der Waals surface area contributed by atoms with Crippen molar-refractivity contribution < 1.29 is 43.0 Å². The van der Waals surface area contributed by atoms with Crippen molar-refractivity contribution >= 4 is 186 Å². The zero-order chi connectivity index (χ0) is 104. The summed E-state index contributed by atoms with van der Waals surface area (Å²) in [6, 6.07) is 77.2. The van der Waals surface area contributed by atoms with E-state index < -0.39 is 0 Å². The molecule has 6 aliphatic heterocycles. The first-order valence-corrected chi connectivity index (χ1v) is 51.1. The number of likely N-dealkylation sites (N-methyl/N-ethyl adjacent to an activating group) is 6. The summed E-state index contributed by atoms with van der Waals surface area (Å²) < 4.78 is 18.2. The third-order valence-corrected chi connectivity index (χ3v) is 26.8. The number of aryl methyl sites for hydroxylation is 1. The predicted octanol–water partition coefficient (Wildman–Crippen LogP) is 24.8. The van der Waals surface area contributed by atoms with Gasteiger partial charge < -0.3 is 14.2 Å². The third-order valence-electron chi connectivity index (χ3n) is 24.3. The second kappa shape index (κ2) is 55.4. The highest BCUT2D eigenvalue weighted by Gasteiger charge is 2.31. The number of carbonyl (C=O) groups is 6. The fourth-order valence-corrected chi connectivity index (χ4v) is 18.2. The Hall–Kier alpha value is -13.5. The Balaban J connectivity index is 0.000000148. The summed E-state index contributed by atoms with van der Waals surface area (Å²) in [6.07, 6.45) is 33.6. The van der Waals surface area contributed by atoms with E-state index in [0.29, 0.717) is 110 Å². The fraction of sp³-hybridized carbons (Fsp3) is 0.197. The average Bonchev–Trinajstić information content (AvgIpc) is 0.813. The molecule has 0 amide bonds. The second-order valence-corrected chi connectivity index (χ2v) is 39.5. The van der Waals surface area contributed by atoms with Crippen molar-refractivity contribution in [3.63, 3.8) is 0 Å². The maximum atomic E-state index is 13.2. The summed E-state index contributed by atoms with van der Waals surface area (Å²) in [5, 5.41) is 1.90. The minimum Gasteiger partial charge on any atom is -0.497 e. The number of aromatic nitrogens is 4. The van der Waals surface area contributed by atoms with Crippen molar-refractivity contribution in [1.82, 2.24) is 49.3 Å². The summed E-state index contributed by atoms with van der Waals surface area (Å²) in [4.78, 5) is 107. The smallest absolute Gasteiger partial charge is 0.187 e. The first-order chi connectivity index (χ1) is 71.0. The van der Waals surface area contributed by atoms with Crippen LogP contribution >= 0.6 is 78.3 Å². The molecule has 19 nitrogen and oxygen atoms in total. The number of piperidine rings is 6. The van der Waals surface area contributed by atoms with Crippen molar-refractivity contribution in [2.45, 2.75) is 20.8 Å². The molecule has 10 heterocycles. The molecule has 18 rings (SSSR count). The maximum absolute atomic E-state index is 13.2. The molecule has 0 N–H and O–H groups in total. The van der Waals surface area contributed by atoms with Gasteiger partial charge in [0.15, 0.2) is 34.7 Å². The molecule has 0 bridgehead atoms. The predicted molar refractivity (Wildman–Crippen MR) is 608 cm³/mol. The molecule has 6 saturated heterocycles. The number of methoxy groups -OCH3 is 3. The van der Waals surface area contributed by atoms with Crippen LogP contribution < -0.4 is 14.2 Å². The Kier molecular flexibility index (Phi) is 41.7. The number of halogens is 6. The lowest BCUT2D eigenvalue weighted by Crippen LogP contribution is -2.37. The van der Waals surface area contributed by atoms with Crippen LogP contribution in [-0.4, -0.2) is 225 Å². The number of ether oxygens (including phenoxy) is 3. The Morgan fingerprint density at radius 1 is 0.286 bits per heavy atom. The molecule has 0 spiro atoms. The van der Waals surface area contributed by atoms with Gasteiger partial charge in [0, 0.05) is 203 Å². The largest absolute Gasteiger partial charge is 0.497 e. The number of hydrogen-bond acceptors (Lipinski definition) is 19. The zero-order valence-electron chi connectivity index (χ0n) is 83.8. The van der Waals surface area contributed by atoms with Crippen LogP contribution in [-0.2, 0) is 28.8 Å². The summed E-state index contributed by atoms with van der Waals surface area (Å²) in [5.41, 5.74) is 21.7. The van der Waals surface area contributed by atoms with E-state index in [2.05, 4.69) is 114 Å². The van der Waals surface area contributed by atoms with Gasteiger partial charge in [-0.25, -0.2) is 0 Å². The molecule has 0 unspecified atom stereocenters. The van der Waals surface area contributed by atoms with Crippen LogP contribution in [0.2, 0.25) is 20.1 Å². The average molecular weight is 2170 g/mol. The maximum Gasteiger partial charge on any atom is 0.187 e. The number of carbonyl (C=O) groups excluding carboxylic acids is 6. The SMILES string of the molecule is CCN1C/C(=C\c2cccc(C)c2)C(=O)/C(=C/c2cccc(OC)c2)C1.CCN1C/C(=C\c2ccccc2OC)C(=O)/C(=C/c2ccccc2OC)C1.CN1C/C(=C\c2ccc(Br)cc2)C(=O)/C(=C/c2ccc(Br)cc2)C1.CN1C/C(=C\c2ccc(Cl)c(Cl)c2)C(=O)/C(=C/c2ccc(Cl)c(Cl)c2)C1.CN1C/C(=C\c2ccccn2)C(=O)/C(=C/c2ccccn2)C1.CN1C/C(=C\c2cccnc2)C(=O)/C(=C/c2cccnc2)C1. The standard InChI is InChI=1S/C23H25NO3.C23H25NO2.C20H17Br2NO.C20H15Cl4NO.2C18H17N3O/c1-4-24-15-19(13-17-9-5-7-11-21(17)26-2)23(25)20(16-24)14-18-10-6-8-12-22(18)27-3;1-4-24-15-20(12-18-8-5-7-17(2)11-18)23(25)21(16-24)13-19-9-6-10-22(14-19)26-3;1-23-12-16(10-14-2-6-18(21)7-3-14)20(24)17(13-23)11-15-4-8-19(22)9-5-15;1-25-10-14(6-12-2-4-16(21)18(23)8-12)20(26)15(11-25)7-13-3-5-17(22)19(24)9-13;1-21-12-16(8-14-4-2-6-19-10-14)18(22)17(13-21)9-15-5-3-7-20-11-15;1-21-12-14(10-16-6-2-4-8-19-16)18(22)15(13-21)11-17-7-3-5-9-20-17/h5-14H,4,15-16H2,1-3H3;5-14H,4,15-16H2,1-3H3;2-11H,12-13H2,1H3;2-9H,10-11H2,1H3;2*2-11H,12-13H2,1H3/b19-13+,20-14+;20-12+,21-13+;16-10+,17-11+;14-6+,15-7+;16-8+,17-9+;14-10+,15-11+. The minimum absolute atomic E-state index is 0.0141. The minimum atomic E-state index is 0.0141. The molecule has 6 aliphatic rings. The van der Waals surface area contributed by atoms with Crippen LogP contribution in [0.5, 0.6) is 17.2 Å². The summed E-state index contributed by atoms with van der Waals surface area (Å²) in [6.45, 7) is 15.8. The quantitative estimate of drug-likeness (QED) is 0.0778. The number of likely N-dealkylation sites (tertiary alicyclic amines) is 6. The number of ketones is 6. The van der Waals surface area contributed by atoms with E-state index >= 15 is 0 Å². The Bertz CT molecular complexity index is 6660. The van der Waals surface area contributed by atoms with E-state index in [9.17, 15) is 28.8 Å². The molecule has 12 aromatic rings. The van der Waals surface area contributed by atoms with Gasteiger partial charge in [0.1, 0.15) is 17.2 Å². The first-order valence-electron chi connectivity index (χ1n) is 48.0. The van der Waals surface area contributed by atoms with Gasteiger partial charge in [-0.1, -0.05) is 231 Å². The third kappa shape index (κ3) is 33.3. The van der Waals surface area contributed by atoms with Crippen LogP contribution in [0.15, 0.2) is 356 Å². The number of para-hydroxylation sites is 2. The van der Waals surface area contributed by atoms with Crippen LogP contribution in [0.3, 0.4) is 0 Å². The van der Waals surface area contributed by atoms with Gasteiger partial charge in [-0.2, -0.15) is 0 Å². The number of nitrogens with zero attached hydrogens (tertiary/aromatic N) is 10. The molecule has 0 atom stereocenters. The highest BCUT2D eigenvalue weighted by Crippen LogP contribution is 2.34. The number of pyridine rings is 4. The lowest BCUT2D eigenvalue weighted by Gasteiger charge is -2.28. The number of Topliss-reactive ketones (excluding diaryl/α,β-unsaturated/α-hetero) is 6. The molecular formula is C122H116Br2Cl4N10O9. The Labute approximate surface area is 898 Å². The van der Waals surface area contributed by atoms with Crippen LogP contribution in [0, 0.1) is 6.92 Å². The van der Waals surface area contributed by atoms with Crippen molar-refractivity contribution in [1.29, 1.82) is 0 Å². The normalized spacial score (nSPS) is 19.0. The van der Waals surface area contributed by atoms with Gasteiger partial charge >= 0.3 is 0 Å². The molecule has 750 valence electrons. The molecule has 0 saturated carbocycles. The van der Waals surface area contributed by atoms with E-state index in [4.69, 9.17) is 60.6 Å². The first kappa shape index (κ1) is 111. The number of rotatable bonds is 17. The van der Waals surface area contributed by atoms with Crippen LogP contribution in [0.25, 0.3) is 72.9 Å². The molecule has 4 aromatic heterocycles. The van der Waals surface area contributed by atoms with Crippen LogP contribution in [0.4, 0.5) is 0 Å². The molecular weight excluding hydrogens is 2050 g/mol. The lowest BCUT2D eigenvalue weighted by atomic mass is 9.94. The zero-order valence-corrected chi connectivity index (χ0v) is 90.0. The topological polar surface area (TPSA) is 201 Å². The summed E-state index contributed by atoms with van der Waals surface area (Å²) >= 11 is 30.9. The van der Waals surface area contributed by atoms with E-state index in [1.807, 2.05) is 307 Å². The Morgan fingerprint density at radius 3 is 0.905 bits per heavy atom. The number of benzene rings is 8. The van der Waals surface area contributed by atoms with Crippen molar-refractivity contribution in [2.24, 2.45) is 0 Å². The van der Waals surface area contributed by atoms with Gasteiger partial charge in [-0.3, -0.25) is 78.1 Å². The molecule has 6 fully saturated rings. The van der Waals surface area contributed by atoms with Gasteiger partial charge in [0.05, 0.1) is 52.8 Å². The van der Waals surface area contributed by atoms with Gasteiger partial charge in [0.25, 0.3) is 0 Å². The molecule has 0 radical (unpaired) electrons. The van der Waals surface area contributed by atoms with E-state index in [0.717, 1.165) is 162 Å². The van der Waals surface area contributed by atoms with Gasteiger partial charge in [-0.15, -0.1) is 0 Å². The Morgan fingerprint density at radius 2 is 0.585 bits per heavy atom. The van der Waals surface area contributed by atoms with Gasteiger partial charge in [0.2, 0.25) is 0 Å². The number of hydrogen-bond donors (Lipinski definition) is 0. The monoisotopic (exact) mass is 2160 g/mol. The van der Waals surface area contributed by atoms with E-state index in [1.165, 1.54) is 5.56 Å². The lowest BCUT2D eigenvalue weighted by molar-refractivity contribution is -0.114. The van der Waals surface area contributed by atoms with Crippen molar-refractivity contribution in [3.05, 3.63) is 448 Å². The molecule has 25 heteroatoms. The molecule has 8 aromatic carbocycles. The van der Waals surface area contributed by atoms with Gasteiger partial charge in [-0.05, 0) is 275 Å². The molecule has 147 heavy (non-hydrogen) atoms. The second-order valence-electron chi connectivity index (χ2n) is 36.0. The van der Waals surface area contributed by atoms with Crippen molar-refractivity contribution in [2.75, 3.05) is 141 Å². The summed E-state index contributed by atoms with van der Waals surface area (Å²) in [5.74, 6) is 2.88. The molecule has 0 aliphatic carbocycles. The van der Waals surface area contributed by atoms with E-state index in [1.54, 1.807) is 82.8 Å². The highest BCUT2D eigenvalue weighted by atomic mass is 79.9. The van der Waals surface area contributed by atoms with E-state index in [-0.39, 0.29) is 34.7 Å². The van der Waals surface area contributed by atoms with Crippen molar-refractivity contribution in [3.8, 4) is 17.2 Å². The van der Waals surface area contributed by atoms with Crippen LogP contribution in [0.1, 0.15) is 86.4 Å².